The summed E-state index contributed by atoms with van der Waals surface area (Å²) in [6.45, 7) is 2.61. The summed E-state index contributed by atoms with van der Waals surface area (Å²) in [5.74, 6) is -2.68. The van der Waals surface area contributed by atoms with Crippen LogP contribution in [0.2, 0.25) is 0 Å². The van der Waals surface area contributed by atoms with Gasteiger partial charge in [0.25, 0.3) is 0 Å². The Labute approximate surface area is 87.1 Å². The standard InChI is InChI=1S/C9H14O6/c1-6(10)14-8-5-9(12,3-4-13-8)15-7(2)11/h8,12H,3-5H2,1-2H3. The van der Waals surface area contributed by atoms with Crippen molar-refractivity contribution in [1.29, 1.82) is 0 Å². The van der Waals surface area contributed by atoms with E-state index in [0.717, 1.165) is 0 Å². The first-order chi connectivity index (χ1) is 6.91. The molecule has 0 bridgehead atoms. The van der Waals surface area contributed by atoms with E-state index in [9.17, 15) is 14.7 Å². The number of hydrogen-bond acceptors (Lipinski definition) is 6. The van der Waals surface area contributed by atoms with Crippen molar-refractivity contribution in [1.82, 2.24) is 0 Å². The van der Waals surface area contributed by atoms with Gasteiger partial charge in [0.1, 0.15) is 0 Å². The molecule has 15 heavy (non-hydrogen) atoms. The molecule has 1 saturated heterocycles. The fraction of sp³-hybridized carbons (Fsp3) is 0.778. The number of ether oxygens (including phenoxy) is 3. The molecule has 2 atom stereocenters. The maximum absolute atomic E-state index is 10.7. The van der Waals surface area contributed by atoms with Crippen LogP contribution in [0.1, 0.15) is 26.7 Å². The number of carbonyl (C=O) groups is 2. The summed E-state index contributed by atoms with van der Waals surface area (Å²) >= 11 is 0. The first-order valence-electron chi connectivity index (χ1n) is 4.62. The largest absolute Gasteiger partial charge is 0.436 e. The van der Waals surface area contributed by atoms with E-state index in [-0.39, 0.29) is 19.4 Å². The quantitative estimate of drug-likeness (QED) is 0.516. The predicted molar refractivity (Wildman–Crippen MR) is 47.5 cm³/mol. The number of aliphatic hydroxyl groups is 1. The molecule has 86 valence electrons. The molecule has 0 saturated carbocycles. The number of rotatable bonds is 2. The van der Waals surface area contributed by atoms with Gasteiger partial charge in [0.15, 0.2) is 0 Å². The Bertz CT molecular complexity index is 263. The van der Waals surface area contributed by atoms with E-state index >= 15 is 0 Å². The molecule has 1 N–H and O–H groups in total. The highest BCUT2D eigenvalue weighted by Gasteiger charge is 2.39. The van der Waals surface area contributed by atoms with Gasteiger partial charge in [-0.25, -0.2) is 0 Å². The lowest BCUT2D eigenvalue weighted by atomic mass is 10.1. The molecule has 0 aromatic rings. The molecule has 0 aromatic carbocycles. The zero-order valence-corrected chi connectivity index (χ0v) is 8.69. The third kappa shape index (κ3) is 3.85. The lowest BCUT2D eigenvalue weighted by molar-refractivity contribution is -0.276. The summed E-state index contributed by atoms with van der Waals surface area (Å²) in [6.07, 6.45) is -0.753. The van der Waals surface area contributed by atoms with E-state index in [1.807, 2.05) is 0 Å². The van der Waals surface area contributed by atoms with E-state index in [2.05, 4.69) is 0 Å². The van der Waals surface area contributed by atoms with Gasteiger partial charge in [-0.05, 0) is 0 Å². The fourth-order valence-corrected chi connectivity index (χ4v) is 1.39. The van der Waals surface area contributed by atoms with Crippen molar-refractivity contribution in [2.24, 2.45) is 0 Å². The Morgan fingerprint density at radius 1 is 1.40 bits per heavy atom. The van der Waals surface area contributed by atoms with Gasteiger partial charge in [0.2, 0.25) is 12.1 Å². The van der Waals surface area contributed by atoms with Crippen LogP contribution in [0.15, 0.2) is 0 Å². The van der Waals surface area contributed by atoms with Gasteiger partial charge in [-0.3, -0.25) is 9.59 Å². The van der Waals surface area contributed by atoms with Gasteiger partial charge in [0, 0.05) is 20.3 Å². The minimum absolute atomic E-state index is 0.0633. The van der Waals surface area contributed by atoms with E-state index < -0.39 is 24.0 Å². The zero-order chi connectivity index (χ0) is 11.5. The minimum atomic E-state index is -1.59. The SMILES string of the molecule is CC(=O)OC1CC(O)(OC(C)=O)CCO1. The molecule has 6 heteroatoms. The highest BCUT2D eigenvalue weighted by atomic mass is 16.7. The Hall–Kier alpha value is -1.14. The highest BCUT2D eigenvalue weighted by molar-refractivity contribution is 5.66. The monoisotopic (exact) mass is 218 g/mol. The third-order valence-electron chi connectivity index (χ3n) is 1.91. The molecule has 0 aliphatic carbocycles. The first kappa shape index (κ1) is 11.9. The fourth-order valence-electron chi connectivity index (χ4n) is 1.39. The lowest BCUT2D eigenvalue weighted by Gasteiger charge is -2.34. The second-order valence-corrected chi connectivity index (χ2v) is 3.40. The van der Waals surface area contributed by atoms with E-state index in [1.54, 1.807) is 0 Å². The maximum Gasteiger partial charge on any atom is 0.305 e. The summed E-state index contributed by atoms with van der Waals surface area (Å²) in [4.78, 5) is 21.4. The third-order valence-corrected chi connectivity index (χ3v) is 1.91. The van der Waals surface area contributed by atoms with Crippen LogP contribution in [-0.4, -0.2) is 35.7 Å². The van der Waals surface area contributed by atoms with E-state index in [4.69, 9.17) is 14.2 Å². The normalized spacial score (nSPS) is 30.7. The van der Waals surface area contributed by atoms with Crippen molar-refractivity contribution in [3.63, 3.8) is 0 Å². The van der Waals surface area contributed by atoms with Crippen LogP contribution >= 0.6 is 0 Å². The minimum Gasteiger partial charge on any atom is -0.436 e. The molecule has 1 aliphatic heterocycles. The van der Waals surface area contributed by atoms with Gasteiger partial charge in [0.05, 0.1) is 13.0 Å². The number of hydrogen-bond donors (Lipinski definition) is 1. The Morgan fingerprint density at radius 2 is 2.07 bits per heavy atom. The smallest absolute Gasteiger partial charge is 0.305 e. The number of esters is 2. The molecule has 0 aromatic heterocycles. The van der Waals surface area contributed by atoms with Crippen LogP contribution < -0.4 is 0 Å². The molecule has 1 heterocycles. The topological polar surface area (TPSA) is 82.1 Å². The van der Waals surface area contributed by atoms with Crippen molar-refractivity contribution in [3.8, 4) is 0 Å². The molecule has 1 rings (SSSR count). The molecule has 2 unspecified atom stereocenters. The van der Waals surface area contributed by atoms with Crippen molar-refractivity contribution < 1.29 is 28.9 Å². The molecule has 0 radical (unpaired) electrons. The average Bonchev–Trinajstić information content (AvgIpc) is 1.99. The Balaban J connectivity index is 2.54. The van der Waals surface area contributed by atoms with Crippen molar-refractivity contribution >= 4 is 11.9 Å². The molecule has 0 spiro atoms. The zero-order valence-electron chi connectivity index (χ0n) is 8.69. The van der Waals surface area contributed by atoms with Crippen LogP contribution in [-0.2, 0) is 23.8 Å². The van der Waals surface area contributed by atoms with E-state index in [1.165, 1.54) is 13.8 Å². The van der Waals surface area contributed by atoms with Crippen LogP contribution in [0.5, 0.6) is 0 Å². The second-order valence-electron chi connectivity index (χ2n) is 3.40. The van der Waals surface area contributed by atoms with Crippen molar-refractivity contribution in [2.45, 2.75) is 38.8 Å². The molecule has 1 fully saturated rings. The molecule has 0 amide bonds. The molecular weight excluding hydrogens is 204 g/mol. The van der Waals surface area contributed by atoms with Crippen LogP contribution in [0.3, 0.4) is 0 Å². The van der Waals surface area contributed by atoms with Crippen LogP contribution in [0, 0.1) is 0 Å². The summed E-state index contributed by atoms with van der Waals surface area (Å²) in [7, 11) is 0. The first-order valence-corrected chi connectivity index (χ1v) is 4.62. The lowest BCUT2D eigenvalue weighted by Crippen LogP contribution is -2.45. The molecular formula is C9H14O6. The van der Waals surface area contributed by atoms with Gasteiger partial charge < -0.3 is 19.3 Å². The summed E-state index contributed by atoms with van der Waals surface area (Å²) in [5, 5.41) is 9.81. The summed E-state index contributed by atoms with van der Waals surface area (Å²) in [6, 6.07) is 0. The molecule has 6 nitrogen and oxygen atoms in total. The predicted octanol–water partition coefficient (Wildman–Crippen LogP) is -0.0623. The van der Waals surface area contributed by atoms with Crippen LogP contribution in [0.4, 0.5) is 0 Å². The maximum atomic E-state index is 10.7. The Morgan fingerprint density at radius 3 is 2.60 bits per heavy atom. The van der Waals surface area contributed by atoms with Gasteiger partial charge in [-0.15, -0.1) is 0 Å². The van der Waals surface area contributed by atoms with Crippen molar-refractivity contribution in [2.75, 3.05) is 6.61 Å². The van der Waals surface area contributed by atoms with Gasteiger partial charge in [-0.1, -0.05) is 0 Å². The molecule has 1 aliphatic rings. The Kier molecular flexibility index (Phi) is 3.65. The van der Waals surface area contributed by atoms with E-state index in [0.29, 0.717) is 0 Å². The van der Waals surface area contributed by atoms with Gasteiger partial charge >= 0.3 is 11.9 Å². The van der Waals surface area contributed by atoms with Gasteiger partial charge in [-0.2, -0.15) is 0 Å². The summed E-state index contributed by atoms with van der Waals surface area (Å²) < 4.78 is 14.6. The average molecular weight is 218 g/mol. The highest BCUT2D eigenvalue weighted by Crippen LogP contribution is 2.26. The summed E-state index contributed by atoms with van der Waals surface area (Å²) in [5.41, 5.74) is 0. The number of carbonyl (C=O) groups excluding carboxylic acids is 2. The van der Waals surface area contributed by atoms with Crippen molar-refractivity contribution in [3.05, 3.63) is 0 Å². The van der Waals surface area contributed by atoms with Crippen LogP contribution in [0.25, 0.3) is 0 Å². The second kappa shape index (κ2) is 4.59.